The summed E-state index contributed by atoms with van der Waals surface area (Å²) in [7, 11) is 1.67. The van der Waals surface area contributed by atoms with Crippen molar-refractivity contribution in [2.24, 2.45) is 5.73 Å². The van der Waals surface area contributed by atoms with E-state index in [9.17, 15) is 0 Å². The molecule has 0 saturated heterocycles. The van der Waals surface area contributed by atoms with Crippen LogP contribution in [0, 0.1) is 0 Å². The lowest BCUT2D eigenvalue weighted by atomic mass is 10.2. The van der Waals surface area contributed by atoms with E-state index in [0.29, 0.717) is 13.1 Å². The maximum atomic E-state index is 5.53. The molecule has 1 heterocycles. The first-order valence-corrected chi connectivity index (χ1v) is 5.53. The molecule has 1 aromatic carbocycles. The summed E-state index contributed by atoms with van der Waals surface area (Å²) in [6.45, 7) is 1.27. The Morgan fingerprint density at radius 1 is 1.35 bits per heavy atom. The maximum Gasteiger partial charge on any atom is 0.134 e. The summed E-state index contributed by atoms with van der Waals surface area (Å²) in [4.78, 5) is 0. The molecule has 0 fully saturated rings. The predicted octanol–water partition coefficient (Wildman–Crippen LogP) is 0.836. The summed E-state index contributed by atoms with van der Waals surface area (Å²) in [6, 6.07) is 7.92. The molecule has 90 valence electrons. The van der Waals surface area contributed by atoms with E-state index in [1.807, 2.05) is 28.8 Å². The Morgan fingerprint density at radius 3 is 2.94 bits per heavy atom. The van der Waals surface area contributed by atoms with Gasteiger partial charge in [-0.1, -0.05) is 18.2 Å². The van der Waals surface area contributed by atoms with Crippen LogP contribution >= 0.6 is 0 Å². The standard InChI is InChI=1S/C12H16N4O/c1-17-11-5-3-2-4-10(11)8-16-9-14-15-12(16)6-7-13/h2-5,9H,6-8,13H2,1H3. The lowest BCUT2D eigenvalue weighted by Crippen LogP contribution is -2.10. The van der Waals surface area contributed by atoms with E-state index in [2.05, 4.69) is 10.2 Å². The molecule has 2 N–H and O–H groups in total. The Bertz CT molecular complexity index is 481. The zero-order valence-electron chi connectivity index (χ0n) is 9.84. The minimum Gasteiger partial charge on any atom is -0.496 e. The van der Waals surface area contributed by atoms with Crippen LogP contribution in [0.25, 0.3) is 0 Å². The van der Waals surface area contributed by atoms with E-state index in [1.54, 1.807) is 13.4 Å². The third-order valence-corrected chi connectivity index (χ3v) is 2.60. The molecule has 17 heavy (non-hydrogen) atoms. The van der Waals surface area contributed by atoms with Crippen LogP contribution in [0.5, 0.6) is 5.75 Å². The van der Waals surface area contributed by atoms with Gasteiger partial charge in [-0.25, -0.2) is 0 Å². The molecule has 5 nitrogen and oxygen atoms in total. The molecule has 0 unspecified atom stereocenters. The largest absolute Gasteiger partial charge is 0.496 e. The topological polar surface area (TPSA) is 66.0 Å². The lowest BCUT2D eigenvalue weighted by Gasteiger charge is -2.10. The Morgan fingerprint density at radius 2 is 2.18 bits per heavy atom. The van der Waals surface area contributed by atoms with Crippen LogP contribution in [-0.2, 0) is 13.0 Å². The van der Waals surface area contributed by atoms with Gasteiger partial charge in [-0.05, 0) is 12.6 Å². The van der Waals surface area contributed by atoms with Crippen LogP contribution in [0.2, 0.25) is 0 Å². The SMILES string of the molecule is COc1ccccc1Cn1cnnc1CCN. The third-order valence-electron chi connectivity index (χ3n) is 2.60. The number of rotatable bonds is 5. The average molecular weight is 232 g/mol. The minimum atomic E-state index is 0.574. The van der Waals surface area contributed by atoms with Crippen molar-refractivity contribution in [1.82, 2.24) is 14.8 Å². The Hall–Kier alpha value is -1.88. The number of hydrogen-bond donors (Lipinski definition) is 1. The molecule has 0 spiro atoms. The predicted molar refractivity (Wildman–Crippen MR) is 64.9 cm³/mol. The first-order valence-electron chi connectivity index (χ1n) is 5.53. The van der Waals surface area contributed by atoms with E-state index in [-0.39, 0.29) is 0 Å². The van der Waals surface area contributed by atoms with Gasteiger partial charge in [0.25, 0.3) is 0 Å². The van der Waals surface area contributed by atoms with Crippen molar-refractivity contribution < 1.29 is 4.74 Å². The Labute approximate surface area is 100 Å². The minimum absolute atomic E-state index is 0.574. The number of para-hydroxylation sites is 1. The van der Waals surface area contributed by atoms with Crippen molar-refractivity contribution in [3.8, 4) is 5.75 Å². The molecule has 0 aliphatic rings. The second kappa shape index (κ2) is 5.45. The molecule has 5 heteroatoms. The quantitative estimate of drug-likeness (QED) is 0.829. The molecular formula is C12H16N4O. The first kappa shape index (κ1) is 11.6. The van der Waals surface area contributed by atoms with E-state index in [1.165, 1.54) is 0 Å². The molecular weight excluding hydrogens is 216 g/mol. The van der Waals surface area contributed by atoms with Crippen LogP contribution in [0.15, 0.2) is 30.6 Å². The normalized spacial score (nSPS) is 10.5. The molecule has 0 saturated carbocycles. The number of nitrogens with zero attached hydrogens (tertiary/aromatic N) is 3. The number of hydrogen-bond acceptors (Lipinski definition) is 4. The van der Waals surface area contributed by atoms with Gasteiger partial charge in [0.2, 0.25) is 0 Å². The van der Waals surface area contributed by atoms with Gasteiger partial charge in [0.1, 0.15) is 17.9 Å². The second-order valence-corrected chi connectivity index (χ2v) is 3.73. The van der Waals surface area contributed by atoms with E-state index in [0.717, 1.165) is 23.6 Å². The second-order valence-electron chi connectivity index (χ2n) is 3.73. The average Bonchev–Trinajstić information content (AvgIpc) is 2.78. The Balaban J connectivity index is 2.22. The van der Waals surface area contributed by atoms with Gasteiger partial charge in [-0.2, -0.15) is 0 Å². The zero-order chi connectivity index (χ0) is 12.1. The number of ether oxygens (including phenoxy) is 1. The van der Waals surface area contributed by atoms with Crippen molar-refractivity contribution in [2.45, 2.75) is 13.0 Å². The van der Waals surface area contributed by atoms with Crippen LogP contribution < -0.4 is 10.5 Å². The molecule has 0 atom stereocenters. The highest BCUT2D eigenvalue weighted by Crippen LogP contribution is 2.18. The molecule has 0 amide bonds. The number of benzene rings is 1. The maximum absolute atomic E-state index is 5.53. The molecule has 2 rings (SSSR count). The molecule has 0 bridgehead atoms. The highest BCUT2D eigenvalue weighted by molar-refractivity contribution is 5.33. The summed E-state index contributed by atoms with van der Waals surface area (Å²) in [5.41, 5.74) is 6.64. The van der Waals surface area contributed by atoms with Gasteiger partial charge in [0.05, 0.1) is 13.7 Å². The van der Waals surface area contributed by atoms with Gasteiger partial charge in [0, 0.05) is 12.0 Å². The zero-order valence-corrected chi connectivity index (χ0v) is 9.84. The number of methoxy groups -OCH3 is 1. The van der Waals surface area contributed by atoms with Gasteiger partial charge < -0.3 is 15.0 Å². The monoisotopic (exact) mass is 232 g/mol. The van der Waals surface area contributed by atoms with Crippen LogP contribution in [-0.4, -0.2) is 28.4 Å². The lowest BCUT2D eigenvalue weighted by molar-refractivity contribution is 0.408. The fourth-order valence-electron chi connectivity index (χ4n) is 1.75. The van der Waals surface area contributed by atoms with Crippen LogP contribution in [0.1, 0.15) is 11.4 Å². The third kappa shape index (κ3) is 2.62. The van der Waals surface area contributed by atoms with Crippen LogP contribution in [0.4, 0.5) is 0 Å². The molecule has 0 aliphatic carbocycles. The van der Waals surface area contributed by atoms with Crippen molar-refractivity contribution in [3.63, 3.8) is 0 Å². The van der Waals surface area contributed by atoms with Crippen LogP contribution in [0.3, 0.4) is 0 Å². The fraction of sp³-hybridized carbons (Fsp3) is 0.333. The van der Waals surface area contributed by atoms with Crippen molar-refractivity contribution in [2.75, 3.05) is 13.7 Å². The highest BCUT2D eigenvalue weighted by Gasteiger charge is 2.07. The molecule has 2 aromatic rings. The van der Waals surface area contributed by atoms with Crippen molar-refractivity contribution in [1.29, 1.82) is 0 Å². The number of aromatic nitrogens is 3. The van der Waals surface area contributed by atoms with Crippen molar-refractivity contribution in [3.05, 3.63) is 42.0 Å². The highest BCUT2D eigenvalue weighted by atomic mass is 16.5. The van der Waals surface area contributed by atoms with Gasteiger partial charge >= 0.3 is 0 Å². The summed E-state index contributed by atoms with van der Waals surface area (Å²) < 4.78 is 7.31. The number of nitrogens with two attached hydrogens (primary N) is 1. The summed E-state index contributed by atoms with van der Waals surface area (Å²) in [5, 5.41) is 7.96. The van der Waals surface area contributed by atoms with Crippen molar-refractivity contribution >= 4 is 0 Å². The molecule has 1 aromatic heterocycles. The van der Waals surface area contributed by atoms with E-state index in [4.69, 9.17) is 10.5 Å². The first-order chi connectivity index (χ1) is 8.35. The molecule has 0 aliphatic heterocycles. The Kier molecular flexibility index (Phi) is 3.72. The van der Waals surface area contributed by atoms with E-state index < -0.39 is 0 Å². The summed E-state index contributed by atoms with van der Waals surface area (Å²) in [6.07, 6.45) is 2.45. The van der Waals surface area contributed by atoms with Gasteiger partial charge in [-0.15, -0.1) is 10.2 Å². The molecule has 0 radical (unpaired) electrons. The van der Waals surface area contributed by atoms with Gasteiger partial charge in [-0.3, -0.25) is 0 Å². The van der Waals surface area contributed by atoms with E-state index >= 15 is 0 Å². The summed E-state index contributed by atoms with van der Waals surface area (Å²) >= 11 is 0. The fourth-order valence-corrected chi connectivity index (χ4v) is 1.75. The smallest absolute Gasteiger partial charge is 0.134 e. The van der Waals surface area contributed by atoms with Gasteiger partial charge in [0.15, 0.2) is 0 Å². The summed E-state index contributed by atoms with van der Waals surface area (Å²) in [5.74, 6) is 1.78.